The molecule has 1 N–H and O–H groups in total. The number of amides is 1. The first kappa shape index (κ1) is 22.3. The number of rotatable bonds is 5. The number of hydrogen-bond acceptors (Lipinski definition) is 6. The van der Waals surface area contributed by atoms with Gasteiger partial charge in [0.25, 0.3) is 5.91 Å². The average Bonchev–Trinajstić information content (AvgIpc) is 3.46. The van der Waals surface area contributed by atoms with Crippen LogP contribution in [0.2, 0.25) is 0 Å². The highest BCUT2D eigenvalue weighted by atomic mass is 19.1. The van der Waals surface area contributed by atoms with Crippen molar-refractivity contribution >= 4 is 22.6 Å². The van der Waals surface area contributed by atoms with Gasteiger partial charge in [0.15, 0.2) is 11.5 Å². The summed E-state index contributed by atoms with van der Waals surface area (Å²) >= 11 is 0. The molecular formula is C25H23FN8O. The van der Waals surface area contributed by atoms with Crippen LogP contribution < -0.4 is 5.32 Å². The van der Waals surface area contributed by atoms with Gasteiger partial charge in [-0.1, -0.05) is 29.8 Å². The lowest BCUT2D eigenvalue weighted by Crippen LogP contribution is -2.15. The van der Waals surface area contributed by atoms with E-state index in [2.05, 4.69) is 25.9 Å². The van der Waals surface area contributed by atoms with Crippen molar-refractivity contribution in [3.05, 3.63) is 77.5 Å². The third-order valence-corrected chi connectivity index (χ3v) is 5.72. The quantitative estimate of drug-likeness (QED) is 0.401. The summed E-state index contributed by atoms with van der Waals surface area (Å²) < 4.78 is 17.9. The van der Waals surface area contributed by atoms with Crippen molar-refractivity contribution in [1.29, 1.82) is 0 Å². The molecule has 176 valence electrons. The van der Waals surface area contributed by atoms with Gasteiger partial charge in [-0.3, -0.25) is 4.79 Å². The Balaban J connectivity index is 1.59. The number of tetrazole rings is 1. The summed E-state index contributed by atoms with van der Waals surface area (Å²) in [5.74, 6) is -0.512. The number of benzene rings is 2. The van der Waals surface area contributed by atoms with Crippen LogP contribution in [-0.4, -0.2) is 40.9 Å². The van der Waals surface area contributed by atoms with Gasteiger partial charge in [-0.05, 0) is 62.4 Å². The third kappa shape index (κ3) is 4.14. The van der Waals surface area contributed by atoms with Gasteiger partial charge in [-0.2, -0.15) is 9.78 Å². The molecule has 1 amide bonds. The van der Waals surface area contributed by atoms with Crippen LogP contribution in [-0.2, 0) is 0 Å². The Hall–Kier alpha value is -4.47. The lowest BCUT2D eigenvalue weighted by atomic mass is 10.0. The number of pyridine rings is 1. The number of anilines is 1. The summed E-state index contributed by atoms with van der Waals surface area (Å²) in [6.45, 7) is 7.73. The van der Waals surface area contributed by atoms with Gasteiger partial charge in [0.05, 0.1) is 34.2 Å². The SMILES string of the molecule is Cc1ccc(-c2cc(C(=O)Nc3cc(-n4nnnc4C)ccc3F)c3cnn(C(C)C)c3n2)cc1. The van der Waals surface area contributed by atoms with Crippen molar-refractivity contribution in [3.63, 3.8) is 0 Å². The van der Waals surface area contributed by atoms with E-state index in [4.69, 9.17) is 4.98 Å². The molecule has 10 heteroatoms. The summed E-state index contributed by atoms with van der Waals surface area (Å²) in [4.78, 5) is 18.3. The largest absolute Gasteiger partial charge is 0.319 e. The van der Waals surface area contributed by atoms with E-state index in [-0.39, 0.29) is 11.7 Å². The topological polar surface area (TPSA) is 103 Å². The molecule has 9 nitrogen and oxygen atoms in total. The van der Waals surface area contributed by atoms with E-state index >= 15 is 0 Å². The van der Waals surface area contributed by atoms with E-state index in [9.17, 15) is 9.18 Å². The standard InChI is InChI=1S/C25H23FN8O/c1-14(2)33-24-20(13-27-33)19(12-22(28-24)17-7-5-15(3)6-8-17)25(35)29-23-11-18(9-10-21(23)26)34-16(4)30-31-32-34/h5-14H,1-4H3,(H,29,35). The van der Waals surface area contributed by atoms with Crippen LogP contribution in [0.25, 0.3) is 28.0 Å². The van der Waals surface area contributed by atoms with Crippen molar-refractivity contribution in [2.24, 2.45) is 0 Å². The van der Waals surface area contributed by atoms with Crippen LogP contribution in [0.1, 0.15) is 41.6 Å². The molecule has 5 aromatic rings. The molecule has 35 heavy (non-hydrogen) atoms. The van der Waals surface area contributed by atoms with Gasteiger partial charge < -0.3 is 5.32 Å². The van der Waals surface area contributed by atoms with Crippen molar-refractivity contribution in [2.75, 3.05) is 5.32 Å². The second-order valence-electron chi connectivity index (χ2n) is 8.60. The van der Waals surface area contributed by atoms with Crippen LogP contribution in [0.5, 0.6) is 0 Å². The molecule has 0 aliphatic carbocycles. The van der Waals surface area contributed by atoms with E-state index in [1.807, 2.05) is 45.0 Å². The van der Waals surface area contributed by atoms with E-state index in [1.165, 1.54) is 16.8 Å². The predicted octanol–water partition coefficient (Wildman–Crippen LogP) is 4.66. The summed E-state index contributed by atoms with van der Waals surface area (Å²) in [7, 11) is 0. The molecule has 0 atom stereocenters. The molecule has 0 unspecified atom stereocenters. The minimum Gasteiger partial charge on any atom is -0.319 e. The first-order valence-corrected chi connectivity index (χ1v) is 11.1. The molecule has 3 heterocycles. The van der Waals surface area contributed by atoms with Crippen LogP contribution in [0.15, 0.2) is 54.7 Å². The maximum Gasteiger partial charge on any atom is 0.256 e. The molecule has 0 spiro atoms. The van der Waals surface area contributed by atoms with Gasteiger partial charge in [0, 0.05) is 11.6 Å². The lowest BCUT2D eigenvalue weighted by molar-refractivity contribution is 0.102. The van der Waals surface area contributed by atoms with Gasteiger partial charge in [-0.25, -0.2) is 14.1 Å². The van der Waals surface area contributed by atoms with Gasteiger partial charge in [0.2, 0.25) is 0 Å². The van der Waals surface area contributed by atoms with Crippen molar-refractivity contribution in [3.8, 4) is 16.9 Å². The summed E-state index contributed by atoms with van der Waals surface area (Å²) in [6.07, 6.45) is 1.62. The Bertz CT molecular complexity index is 1550. The molecule has 0 bridgehead atoms. The average molecular weight is 471 g/mol. The summed E-state index contributed by atoms with van der Waals surface area (Å²) in [5.41, 5.74) is 4.09. The smallest absolute Gasteiger partial charge is 0.256 e. The Morgan fingerprint density at radius 3 is 2.51 bits per heavy atom. The third-order valence-electron chi connectivity index (χ3n) is 5.72. The Labute approximate surface area is 200 Å². The second kappa shape index (κ2) is 8.71. The Morgan fingerprint density at radius 1 is 1.06 bits per heavy atom. The number of hydrogen-bond donors (Lipinski definition) is 1. The molecule has 0 saturated carbocycles. The number of fused-ring (bicyclic) bond motifs is 1. The molecule has 0 radical (unpaired) electrons. The summed E-state index contributed by atoms with van der Waals surface area (Å²) in [6, 6.07) is 13.9. The van der Waals surface area contributed by atoms with Gasteiger partial charge in [0.1, 0.15) is 5.82 Å². The highest BCUT2D eigenvalue weighted by Gasteiger charge is 2.20. The van der Waals surface area contributed by atoms with Crippen molar-refractivity contribution in [2.45, 2.75) is 33.7 Å². The zero-order chi connectivity index (χ0) is 24.7. The first-order valence-electron chi connectivity index (χ1n) is 11.1. The van der Waals surface area contributed by atoms with Crippen LogP contribution in [0.4, 0.5) is 10.1 Å². The molecule has 2 aromatic carbocycles. The van der Waals surface area contributed by atoms with Crippen LogP contribution in [0.3, 0.4) is 0 Å². The predicted molar refractivity (Wildman–Crippen MR) is 130 cm³/mol. The van der Waals surface area contributed by atoms with E-state index < -0.39 is 11.7 Å². The Morgan fingerprint density at radius 2 is 1.83 bits per heavy atom. The number of nitrogens with one attached hydrogen (secondary N) is 1. The molecule has 0 aliphatic heterocycles. The van der Waals surface area contributed by atoms with Gasteiger partial charge in [-0.15, -0.1) is 5.10 Å². The molecule has 0 fully saturated rings. The maximum absolute atomic E-state index is 14.7. The fourth-order valence-electron chi connectivity index (χ4n) is 3.86. The Kier molecular flexibility index (Phi) is 5.56. The molecular weight excluding hydrogens is 447 g/mol. The first-order chi connectivity index (χ1) is 16.8. The van der Waals surface area contributed by atoms with E-state index in [0.29, 0.717) is 33.8 Å². The van der Waals surface area contributed by atoms with E-state index in [0.717, 1.165) is 11.1 Å². The van der Waals surface area contributed by atoms with Crippen molar-refractivity contribution in [1.82, 2.24) is 35.0 Å². The van der Waals surface area contributed by atoms with Gasteiger partial charge >= 0.3 is 0 Å². The highest BCUT2D eigenvalue weighted by Crippen LogP contribution is 2.28. The summed E-state index contributed by atoms with van der Waals surface area (Å²) in [5, 5.41) is 19.1. The highest BCUT2D eigenvalue weighted by molar-refractivity contribution is 6.12. The number of aromatic nitrogens is 7. The lowest BCUT2D eigenvalue weighted by Gasteiger charge is -2.12. The van der Waals surface area contributed by atoms with Crippen LogP contribution >= 0.6 is 0 Å². The number of nitrogens with zero attached hydrogens (tertiary/aromatic N) is 7. The number of halogens is 1. The molecule has 5 rings (SSSR count). The monoisotopic (exact) mass is 470 g/mol. The number of carbonyl (C=O) groups is 1. The fraction of sp³-hybridized carbons (Fsp3) is 0.200. The van der Waals surface area contributed by atoms with Crippen molar-refractivity contribution < 1.29 is 9.18 Å². The van der Waals surface area contributed by atoms with Crippen LogP contribution in [0, 0.1) is 19.7 Å². The molecule has 0 saturated heterocycles. The maximum atomic E-state index is 14.7. The molecule has 0 aliphatic rings. The second-order valence-corrected chi connectivity index (χ2v) is 8.60. The van der Waals surface area contributed by atoms with E-state index in [1.54, 1.807) is 29.9 Å². The zero-order valence-electron chi connectivity index (χ0n) is 19.7. The normalized spacial score (nSPS) is 11.4. The fourth-order valence-corrected chi connectivity index (χ4v) is 3.86. The minimum absolute atomic E-state index is 0.0144. The number of carbonyl (C=O) groups excluding carboxylic acids is 1. The molecule has 3 aromatic heterocycles. The zero-order valence-corrected chi connectivity index (χ0v) is 19.7. The minimum atomic E-state index is -0.574. The number of aryl methyl sites for hydroxylation is 2.